The summed E-state index contributed by atoms with van der Waals surface area (Å²) in [5.41, 5.74) is 4.97. The first-order valence-corrected chi connectivity index (χ1v) is 10.8. The quantitative estimate of drug-likeness (QED) is 0.415. The second-order valence-corrected chi connectivity index (χ2v) is 8.41. The number of nitrogens with zero attached hydrogens (tertiary/aromatic N) is 3. The predicted molar refractivity (Wildman–Crippen MR) is 125 cm³/mol. The molecule has 1 N–H and O–H groups in total. The molecule has 0 aliphatic heterocycles. The minimum Gasteiger partial charge on any atom is -0.346 e. The van der Waals surface area contributed by atoms with E-state index in [1.54, 1.807) is 0 Å². The number of hydrogen-bond donors (Lipinski definition) is 1. The number of nitriles is 1. The molecule has 6 heteroatoms. The number of aryl methyl sites for hydroxylation is 1. The molecule has 0 saturated carbocycles. The van der Waals surface area contributed by atoms with Crippen molar-refractivity contribution < 1.29 is 4.79 Å². The molecule has 1 heterocycles. The van der Waals surface area contributed by atoms with Crippen molar-refractivity contribution in [3.63, 3.8) is 0 Å². The summed E-state index contributed by atoms with van der Waals surface area (Å²) in [5.74, 6) is -0.126. The molecule has 0 saturated heterocycles. The van der Waals surface area contributed by atoms with E-state index in [4.69, 9.17) is 0 Å². The molecule has 1 aromatic heterocycles. The van der Waals surface area contributed by atoms with Crippen LogP contribution in [0.4, 0.5) is 0 Å². The molecule has 0 bridgehead atoms. The molecule has 0 radical (unpaired) electrons. The van der Waals surface area contributed by atoms with E-state index >= 15 is 0 Å². The van der Waals surface area contributed by atoms with Crippen LogP contribution in [-0.2, 0) is 6.54 Å². The van der Waals surface area contributed by atoms with Gasteiger partial charge in [-0.3, -0.25) is 9.48 Å². The third kappa shape index (κ3) is 4.37. The fourth-order valence-corrected chi connectivity index (χ4v) is 3.91. The number of fused-ring (bicyclic) bond motifs is 1. The Labute approximate surface area is 189 Å². The molecule has 4 aromatic rings. The SMILES string of the molecule is Cc1nn(Cc2ccccc2C#N)c2ccc(C(=O)N[C@@H](C)c3ccc(Br)cc3)cc12. The minimum atomic E-state index is -0.126. The molecule has 0 aliphatic rings. The molecule has 0 fully saturated rings. The first-order chi connectivity index (χ1) is 15.0. The number of amides is 1. The highest BCUT2D eigenvalue weighted by Gasteiger charge is 2.15. The first kappa shape index (κ1) is 20.8. The maximum atomic E-state index is 12.8. The molecule has 4 rings (SSSR count). The topological polar surface area (TPSA) is 70.7 Å². The molecule has 154 valence electrons. The second-order valence-electron chi connectivity index (χ2n) is 7.49. The highest BCUT2D eigenvalue weighted by molar-refractivity contribution is 9.10. The van der Waals surface area contributed by atoms with Crippen LogP contribution < -0.4 is 5.32 Å². The summed E-state index contributed by atoms with van der Waals surface area (Å²) in [5, 5.41) is 18.0. The molecule has 0 unspecified atom stereocenters. The van der Waals surface area contributed by atoms with Gasteiger partial charge in [0.2, 0.25) is 0 Å². The van der Waals surface area contributed by atoms with E-state index in [0.717, 1.165) is 32.2 Å². The van der Waals surface area contributed by atoms with Crippen LogP contribution in [0.3, 0.4) is 0 Å². The van der Waals surface area contributed by atoms with Gasteiger partial charge in [0.15, 0.2) is 0 Å². The maximum Gasteiger partial charge on any atom is 0.251 e. The van der Waals surface area contributed by atoms with Gasteiger partial charge >= 0.3 is 0 Å². The molecule has 0 aliphatic carbocycles. The first-order valence-electron chi connectivity index (χ1n) is 9.98. The van der Waals surface area contributed by atoms with E-state index in [0.29, 0.717) is 17.7 Å². The third-order valence-electron chi connectivity index (χ3n) is 5.37. The summed E-state index contributed by atoms with van der Waals surface area (Å²) in [6.45, 7) is 4.40. The number of benzene rings is 3. The number of carbonyl (C=O) groups is 1. The molecule has 1 amide bonds. The van der Waals surface area contributed by atoms with Crippen molar-refractivity contribution in [3.8, 4) is 6.07 Å². The van der Waals surface area contributed by atoms with Crippen molar-refractivity contribution in [2.75, 3.05) is 0 Å². The molecule has 31 heavy (non-hydrogen) atoms. The minimum absolute atomic E-state index is 0.109. The average Bonchev–Trinajstić information content (AvgIpc) is 3.09. The van der Waals surface area contributed by atoms with Gasteiger partial charge in [-0.1, -0.05) is 46.3 Å². The van der Waals surface area contributed by atoms with Crippen molar-refractivity contribution in [2.45, 2.75) is 26.4 Å². The summed E-state index contributed by atoms with van der Waals surface area (Å²) in [6, 6.07) is 23.2. The van der Waals surface area contributed by atoms with Gasteiger partial charge in [-0.15, -0.1) is 0 Å². The van der Waals surface area contributed by atoms with Gasteiger partial charge in [0.1, 0.15) is 0 Å². The highest BCUT2D eigenvalue weighted by atomic mass is 79.9. The summed E-state index contributed by atoms with van der Waals surface area (Å²) in [4.78, 5) is 12.8. The van der Waals surface area contributed by atoms with Crippen LogP contribution in [0, 0.1) is 18.3 Å². The Morgan fingerprint density at radius 3 is 2.65 bits per heavy atom. The Hall–Kier alpha value is -3.43. The largest absolute Gasteiger partial charge is 0.346 e. The zero-order chi connectivity index (χ0) is 22.0. The fraction of sp³-hybridized carbons (Fsp3) is 0.160. The van der Waals surface area contributed by atoms with Crippen LogP contribution in [0.15, 0.2) is 71.2 Å². The Balaban J connectivity index is 1.58. The smallest absolute Gasteiger partial charge is 0.251 e. The predicted octanol–water partition coefficient (Wildman–Crippen LogP) is 5.52. The number of nitrogens with one attached hydrogen (secondary N) is 1. The van der Waals surface area contributed by atoms with Crippen LogP contribution >= 0.6 is 15.9 Å². The van der Waals surface area contributed by atoms with Crippen LogP contribution in [0.2, 0.25) is 0 Å². The summed E-state index contributed by atoms with van der Waals surface area (Å²) in [6.07, 6.45) is 0. The molecular weight excluding hydrogens is 452 g/mol. The fourth-order valence-electron chi connectivity index (χ4n) is 3.64. The second kappa shape index (κ2) is 8.75. The van der Waals surface area contributed by atoms with Crippen molar-refractivity contribution >= 4 is 32.7 Å². The number of rotatable bonds is 5. The van der Waals surface area contributed by atoms with Crippen molar-refractivity contribution in [3.05, 3.63) is 99.2 Å². The number of aromatic nitrogens is 2. The monoisotopic (exact) mass is 472 g/mol. The van der Waals surface area contributed by atoms with E-state index in [2.05, 4.69) is 32.4 Å². The lowest BCUT2D eigenvalue weighted by Gasteiger charge is -2.14. The lowest BCUT2D eigenvalue weighted by molar-refractivity contribution is 0.0940. The summed E-state index contributed by atoms with van der Waals surface area (Å²) in [7, 11) is 0. The molecule has 1 atom stereocenters. The van der Waals surface area contributed by atoms with Gasteiger partial charge in [0.05, 0.1) is 35.4 Å². The standard InChI is InChI=1S/C25H21BrN4O/c1-16(18-7-10-22(26)11-8-18)28-25(31)19-9-12-24-23(13-19)17(2)29-30(24)15-21-6-4-3-5-20(21)14-27/h3-13,16H,15H2,1-2H3,(H,28,31)/t16-/m0/s1. The Kier molecular flexibility index (Phi) is 5.88. The molecule has 3 aromatic carbocycles. The van der Waals surface area contributed by atoms with Gasteiger partial charge in [-0.25, -0.2) is 0 Å². The third-order valence-corrected chi connectivity index (χ3v) is 5.90. The van der Waals surface area contributed by atoms with Gasteiger partial charge in [0.25, 0.3) is 5.91 Å². The van der Waals surface area contributed by atoms with Crippen LogP contribution in [0.1, 0.15) is 45.7 Å². The van der Waals surface area contributed by atoms with E-state index < -0.39 is 0 Å². The summed E-state index contributed by atoms with van der Waals surface area (Å²) >= 11 is 3.43. The van der Waals surface area contributed by atoms with Crippen LogP contribution in [0.5, 0.6) is 0 Å². The molecule has 0 spiro atoms. The lowest BCUT2D eigenvalue weighted by Crippen LogP contribution is -2.26. The summed E-state index contributed by atoms with van der Waals surface area (Å²) < 4.78 is 2.89. The average molecular weight is 473 g/mol. The normalized spacial score (nSPS) is 11.8. The molecular formula is C25H21BrN4O. The number of halogens is 1. The van der Waals surface area contributed by atoms with Crippen LogP contribution in [0.25, 0.3) is 10.9 Å². The van der Waals surface area contributed by atoms with E-state index in [1.165, 1.54) is 0 Å². The van der Waals surface area contributed by atoms with E-state index in [-0.39, 0.29) is 11.9 Å². The zero-order valence-electron chi connectivity index (χ0n) is 17.3. The van der Waals surface area contributed by atoms with Gasteiger partial charge < -0.3 is 5.32 Å². The van der Waals surface area contributed by atoms with E-state index in [1.807, 2.05) is 85.3 Å². The van der Waals surface area contributed by atoms with Gasteiger partial charge in [-0.2, -0.15) is 10.4 Å². The van der Waals surface area contributed by atoms with Crippen molar-refractivity contribution in [1.29, 1.82) is 5.26 Å². The highest BCUT2D eigenvalue weighted by Crippen LogP contribution is 2.23. The van der Waals surface area contributed by atoms with Crippen LogP contribution in [-0.4, -0.2) is 15.7 Å². The van der Waals surface area contributed by atoms with Crippen molar-refractivity contribution in [2.24, 2.45) is 0 Å². The van der Waals surface area contributed by atoms with Gasteiger partial charge in [-0.05, 0) is 61.4 Å². The van der Waals surface area contributed by atoms with E-state index in [9.17, 15) is 10.1 Å². The Bertz CT molecular complexity index is 1300. The Morgan fingerprint density at radius 2 is 1.90 bits per heavy atom. The number of carbonyl (C=O) groups excluding carboxylic acids is 1. The number of hydrogen-bond acceptors (Lipinski definition) is 3. The van der Waals surface area contributed by atoms with Gasteiger partial charge in [0, 0.05) is 15.4 Å². The van der Waals surface area contributed by atoms with Crippen molar-refractivity contribution in [1.82, 2.24) is 15.1 Å². The Morgan fingerprint density at radius 1 is 1.16 bits per heavy atom. The maximum absolute atomic E-state index is 12.8. The zero-order valence-corrected chi connectivity index (χ0v) is 18.8. The lowest BCUT2D eigenvalue weighted by atomic mass is 10.1. The molecule has 5 nitrogen and oxygen atoms in total.